The molecular formula is C30H39B2N. The van der Waals surface area contributed by atoms with Crippen LogP contribution in [0.5, 0.6) is 0 Å². The van der Waals surface area contributed by atoms with Crippen molar-refractivity contribution in [2.24, 2.45) is 16.7 Å². The molecule has 1 aliphatic carbocycles. The van der Waals surface area contributed by atoms with E-state index in [0.717, 1.165) is 5.69 Å². The van der Waals surface area contributed by atoms with Gasteiger partial charge in [0.25, 0.3) is 0 Å². The molecule has 0 N–H and O–H groups in total. The van der Waals surface area contributed by atoms with E-state index in [-0.39, 0.29) is 5.21 Å². The van der Waals surface area contributed by atoms with Crippen molar-refractivity contribution < 1.29 is 0 Å². The largest absolute Gasteiger partial charge is 0.256 e. The van der Waals surface area contributed by atoms with E-state index in [4.69, 9.17) is 4.98 Å². The first-order valence-electron chi connectivity index (χ1n) is 12.7. The number of hydrogen-bond acceptors (Lipinski definition) is 1. The third-order valence-corrected chi connectivity index (χ3v) is 8.94. The first-order chi connectivity index (χ1) is 15.5. The Kier molecular flexibility index (Phi) is 6.38. The third kappa shape index (κ3) is 4.44. The van der Waals surface area contributed by atoms with Gasteiger partial charge in [0, 0.05) is 17.3 Å². The Morgan fingerprint density at radius 2 is 1.55 bits per heavy atom. The van der Waals surface area contributed by atoms with Gasteiger partial charge >= 0.3 is 0 Å². The summed E-state index contributed by atoms with van der Waals surface area (Å²) in [7, 11) is 4.95. The SMILES string of the molecule is BC(B)(c1ccc(-c2ccc(-c3ccccc3C)nc2)cc1)C1CCCCC1(C)C(C)(C)C. The Hall–Kier alpha value is -2.28. The summed E-state index contributed by atoms with van der Waals surface area (Å²) in [5.41, 5.74) is 8.02. The molecule has 1 heterocycles. The van der Waals surface area contributed by atoms with Crippen LogP contribution in [0.3, 0.4) is 0 Å². The molecule has 0 radical (unpaired) electrons. The van der Waals surface area contributed by atoms with Gasteiger partial charge in [0.15, 0.2) is 0 Å². The molecule has 0 spiro atoms. The van der Waals surface area contributed by atoms with E-state index in [1.165, 1.54) is 53.5 Å². The Morgan fingerprint density at radius 3 is 2.15 bits per heavy atom. The summed E-state index contributed by atoms with van der Waals surface area (Å²) in [5, 5.41) is 0.147. The van der Waals surface area contributed by atoms with Crippen LogP contribution in [0.2, 0.25) is 0 Å². The summed E-state index contributed by atoms with van der Waals surface area (Å²) in [4.78, 5) is 4.78. The van der Waals surface area contributed by atoms with Gasteiger partial charge in [0.1, 0.15) is 15.7 Å². The first-order valence-corrected chi connectivity index (χ1v) is 12.7. The molecule has 0 bridgehead atoms. The van der Waals surface area contributed by atoms with Crippen LogP contribution in [0, 0.1) is 23.7 Å². The third-order valence-electron chi connectivity index (χ3n) is 8.94. The number of rotatable bonds is 4. The number of aryl methyl sites for hydroxylation is 1. The second-order valence-electron chi connectivity index (χ2n) is 12.0. The zero-order valence-electron chi connectivity index (χ0n) is 21.7. The fraction of sp³-hybridized carbons (Fsp3) is 0.433. The molecule has 2 unspecified atom stereocenters. The van der Waals surface area contributed by atoms with Gasteiger partial charge in [0.05, 0.1) is 5.69 Å². The maximum absolute atomic E-state index is 4.78. The monoisotopic (exact) mass is 435 g/mol. The fourth-order valence-corrected chi connectivity index (χ4v) is 6.27. The molecule has 33 heavy (non-hydrogen) atoms. The normalized spacial score (nSPS) is 21.7. The maximum atomic E-state index is 4.78. The van der Waals surface area contributed by atoms with Crippen LogP contribution in [0.15, 0.2) is 66.9 Å². The summed E-state index contributed by atoms with van der Waals surface area (Å²) in [6.07, 6.45) is 7.40. The summed E-state index contributed by atoms with van der Waals surface area (Å²) >= 11 is 0. The van der Waals surface area contributed by atoms with Crippen molar-refractivity contribution in [2.45, 2.75) is 65.5 Å². The second-order valence-corrected chi connectivity index (χ2v) is 12.0. The molecule has 3 heteroatoms. The minimum Gasteiger partial charge on any atom is -0.256 e. The Morgan fingerprint density at radius 1 is 0.879 bits per heavy atom. The molecule has 0 amide bonds. The van der Waals surface area contributed by atoms with E-state index < -0.39 is 0 Å². The predicted octanol–water partition coefficient (Wildman–Crippen LogP) is 6.39. The lowest BCUT2D eigenvalue weighted by atomic mass is 9.36. The molecule has 1 aliphatic rings. The molecule has 170 valence electrons. The zero-order chi connectivity index (χ0) is 23.9. The minimum absolute atomic E-state index is 0.147. The van der Waals surface area contributed by atoms with Gasteiger partial charge in [-0.25, -0.2) is 0 Å². The van der Waals surface area contributed by atoms with E-state index in [2.05, 4.69) is 111 Å². The van der Waals surface area contributed by atoms with E-state index in [1.54, 1.807) is 0 Å². The quantitative estimate of drug-likeness (QED) is 0.433. The number of benzene rings is 2. The van der Waals surface area contributed by atoms with Gasteiger partial charge in [-0.15, -0.1) is 0 Å². The van der Waals surface area contributed by atoms with Crippen LogP contribution in [0.1, 0.15) is 64.5 Å². The van der Waals surface area contributed by atoms with Crippen molar-refractivity contribution in [3.63, 3.8) is 0 Å². The van der Waals surface area contributed by atoms with E-state index >= 15 is 0 Å². The van der Waals surface area contributed by atoms with Crippen LogP contribution < -0.4 is 0 Å². The lowest BCUT2D eigenvalue weighted by Crippen LogP contribution is -2.52. The van der Waals surface area contributed by atoms with Crippen LogP contribution in [-0.4, -0.2) is 20.7 Å². The van der Waals surface area contributed by atoms with Crippen molar-refractivity contribution in [1.82, 2.24) is 4.98 Å². The molecule has 1 fully saturated rings. The lowest BCUT2D eigenvalue weighted by Gasteiger charge is -2.56. The molecule has 3 aromatic rings. The summed E-state index contributed by atoms with van der Waals surface area (Å²) in [5.74, 6) is 0.680. The Balaban J connectivity index is 1.59. The fourth-order valence-electron chi connectivity index (χ4n) is 6.27. The minimum atomic E-state index is 0.147. The second kappa shape index (κ2) is 8.82. The van der Waals surface area contributed by atoms with E-state index in [0.29, 0.717) is 16.7 Å². The number of aromatic nitrogens is 1. The van der Waals surface area contributed by atoms with Crippen LogP contribution in [0.4, 0.5) is 0 Å². The average molecular weight is 435 g/mol. The summed E-state index contributed by atoms with van der Waals surface area (Å²) < 4.78 is 0. The van der Waals surface area contributed by atoms with E-state index in [1.807, 2.05) is 6.20 Å². The van der Waals surface area contributed by atoms with Crippen molar-refractivity contribution in [2.75, 3.05) is 0 Å². The first kappa shape index (κ1) is 23.9. The van der Waals surface area contributed by atoms with Gasteiger partial charge in [-0.3, -0.25) is 4.98 Å². The van der Waals surface area contributed by atoms with Crippen LogP contribution in [-0.2, 0) is 5.21 Å². The number of nitrogens with zero attached hydrogens (tertiary/aromatic N) is 1. The van der Waals surface area contributed by atoms with Gasteiger partial charge in [-0.2, -0.15) is 0 Å². The van der Waals surface area contributed by atoms with Gasteiger partial charge < -0.3 is 0 Å². The Bertz CT molecular complexity index is 1090. The number of pyridine rings is 1. The highest BCUT2D eigenvalue weighted by molar-refractivity contribution is 6.40. The predicted molar refractivity (Wildman–Crippen MR) is 148 cm³/mol. The maximum Gasteiger partial charge on any atom is 0.105 e. The Labute approximate surface area is 203 Å². The molecule has 1 nitrogen and oxygen atoms in total. The van der Waals surface area contributed by atoms with Crippen molar-refractivity contribution >= 4 is 15.7 Å². The standard InChI is InChI=1S/C30H39B2N/c1-21-10-6-7-11-25(21)26-18-15-23(20-33-26)22-13-16-24(17-14-22)30(31,32)27-12-8-9-19-29(27,5)28(2,3)4/h6-7,10-11,13-18,20,27H,8-9,12,19,31-32H2,1-5H3. The van der Waals surface area contributed by atoms with Crippen LogP contribution in [0.25, 0.3) is 22.4 Å². The molecule has 4 rings (SSSR count). The van der Waals surface area contributed by atoms with Gasteiger partial charge in [0.2, 0.25) is 0 Å². The van der Waals surface area contributed by atoms with Crippen molar-refractivity contribution in [3.8, 4) is 22.4 Å². The average Bonchev–Trinajstić information content (AvgIpc) is 2.79. The molecular weight excluding hydrogens is 396 g/mol. The molecule has 1 saturated carbocycles. The lowest BCUT2D eigenvalue weighted by molar-refractivity contribution is -0.0132. The molecule has 2 atom stereocenters. The highest BCUT2D eigenvalue weighted by Gasteiger charge is 2.50. The molecule has 2 aromatic carbocycles. The zero-order valence-corrected chi connectivity index (χ0v) is 21.7. The molecule has 0 saturated heterocycles. The summed E-state index contributed by atoms with van der Waals surface area (Å²) in [6.45, 7) is 12.0. The number of hydrogen-bond donors (Lipinski definition) is 0. The topological polar surface area (TPSA) is 12.9 Å². The van der Waals surface area contributed by atoms with Crippen LogP contribution >= 0.6 is 0 Å². The van der Waals surface area contributed by atoms with Crippen molar-refractivity contribution in [3.05, 3.63) is 78.0 Å². The van der Waals surface area contributed by atoms with Gasteiger partial charge in [-0.1, -0.05) is 112 Å². The molecule has 1 aromatic heterocycles. The van der Waals surface area contributed by atoms with Gasteiger partial charge in [-0.05, 0) is 47.3 Å². The van der Waals surface area contributed by atoms with E-state index in [9.17, 15) is 0 Å². The highest BCUT2D eigenvalue weighted by atomic mass is 14.7. The smallest absolute Gasteiger partial charge is 0.105 e. The van der Waals surface area contributed by atoms with Crippen molar-refractivity contribution in [1.29, 1.82) is 0 Å². The highest BCUT2D eigenvalue weighted by Crippen LogP contribution is 2.57. The molecule has 0 aliphatic heterocycles. The summed E-state index contributed by atoms with van der Waals surface area (Å²) in [6, 6.07) is 22.1.